The highest BCUT2D eigenvalue weighted by molar-refractivity contribution is 6.38. The third-order valence-electron chi connectivity index (χ3n) is 4.73. The van der Waals surface area contributed by atoms with Gasteiger partial charge in [-0.25, -0.2) is 0 Å². The van der Waals surface area contributed by atoms with Gasteiger partial charge in [-0.2, -0.15) is 5.10 Å². The zero-order valence-corrected chi connectivity index (χ0v) is 16.3. The summed E-state index contributed by atoms with van der Waals surface area (Å²) in [4.78, 5) is 36.8. The molecule has 1 aromatic heterocycles. The van der Waals surface area contributed by atoms with Gasteiger partial charge in [0.1, 0.15) is 6.04 Å². The SMILES string of the molecule is Cc1ccccc1-c1c(C(=O)N[C@@H](Cc2ccccc2)C(=O)C(N)=O)cnn1C. The molecule has 0 radical (unpaired) electrons. The minimum Gasteiger partial charge on any atom is -0.363 e. The number of primary amides is 1. The number of nitrogens with one attached hydrogen (secondary N) is 1. The van der Waals surface area contributed by atoms with E-state index in [-0.39, 0.29) is 6.42 Å². The molecule has 3 N–H and O–H groups in total. The molecule has 0 spiro atoms. The number of aromatic nitrogens is 2. The van der Waals surface area contributed by atoms with Crippen molar-refractivity contribution in [2.24, 2.45) is 12.8 Å². The topological polar surface area (TPSA) is 107 Å². The molecule has 1 heterocycles. The summed E-state index contributed by atoms with van der Waals surface area (Å²) in [6, 6.07) is 15.7. The normalized spacial score (nSPS) is 11.7. The van der Waals surface area contributed by atoms with Gasteiger partial charge in [0.2, 0.25) is 5.78 Å². The number of amides is 2. The van der Waals surface area contributed by atoms with Gasteiger partial charge in [0, 0.05) is 19.0 Å². The van der Waals surface area contributed by atoms with Crippen LogP contribution >= 0.6 is 0 Å². The van der Waals surface area contributed by atoms with Crippen LogP contribution < -0.4 is 11.1 Å². The summed E-state index contributed by atoms with van der Waals surface area (Å²) in [6.07, 6.45) is 1.61. The molecule has 7 heteroatoms. The van der Waals surface area contributed by atoms with E-state index < -0.39 is 23.6 Å². The van der Waals surface area contributed by atoms with Crippen LogP contribution in [0, 0.1) is 6.92 Å². The summed E-state index contributed by atoms with van der Waals surface area (Å²) < 4.78 is 1.61. The second kappa shape index (κ2) is 8.52. The van der Waals surface area contributed by atoms with E-state index in [2.05, 4.69) is 10.4 Å². The molecule has 0 aliphatic rings. The van der Waals surface area contributed by atoms with Crippen LogP contribution in [0.25, 0.3) is 11.3 Å². The number of nitrogens with two attached hydrogens (primary N) is 1. The van der Waals surface area contributed by atoms with Crippen LogP contribution in [0.3, 0.4) is 0 Å². The monoisotopic (exact) mass is 390 g/mol. The molecule has 0 aliphatic carbocycles. The lowest BCUT2D eigenvalue weighted by molar-refractivity contribution is -0.137. The summed E-state index contributed by atoms with van der Waals surface area (Å²) >= 11 is 0. The third kappa shape index (κ3) is 4.40. The highest BCUT2D eigenvalue weighted by Gasteiger charge is 2.28. The number of nitrogens with zero attached hydrogens (tertiary/aromatic N) is 2. The minimum absolute atomic E-state index is 0.161. The number of rotatable bonds is 7. The lowest BCUT2D eigenvalue weighted by atomic mass is 10.00. The summed E-state index contributed by atoms with van der Waals surface area (Å²) in [6.45, 7) is 1.94. The Kier molecular flexibility index (Phi) is 5.87. The fraction of sp³-hybridized carbons (Fsp3) is 0.182. The minimum atomic E-state index is -1.09. The zero-order valence-electron chi connectivity index (χ0n) is 16.3. The van der Waals surface area contributed by atoms with Gasteiger partial charge < -0.3 is 11.1 Å². The smallest absolute Gasteiger partial charge is 0.287 e. The number of benzene rings is 2. The van der Waals surface area contributed by atoms with Gasteiger partial charge in [0.25, 0.3) is 11.8 Å². The quantitative estimate of drug-likeness (QED) is 0.600. The first kappa shape index (κ1) is 20.0. The fourth-order valence-corrected chi connectivity index (χ4v) is 3.23. The van der Waals surface area contributed by atoms with Crippen molar-refractivity contribution in [1.82, 2.24) is 15.1 Å². The molecule has 2 amide bonds. The largest absolute Gasteiger partial charge is 0.363 e. The molecule has 7 nitrogen and oxygen atoms in total. The van der Waals surface area contributed by atoms with E-state index in [0.29, 0.717) is 11.3 Å². The standard InChI is InChI=1S/C22H22N4O3/c1-14-8-6-7-11-16(14)19-17(13-24-26(19)2)22(29)25-18(20(27)21(23)28)12-15-9-4-3-5-10-15/h3-11,13,18H,12H2,1-2H3,(H2,23,28)(H,25,29)/t18-/m0/s1. The Morgan fingerprint density at radius 1 is 1.07 bits per heavy atom. The van der Waals surface area contributed by atoms with E-state index in [0.717, 1.165) is 16.7 Å². The number of ketones is 1. The Morgan fingerprint density at radius 3 is 2.38 bits per heavy atom. The summed E-state index contributed by atoms with van der Waals surface area (Å²) in [7, 11) is 1.74. The van der Waals surface area contributed by atoms with Crippen LogP contribution in [0.5, 0.6) is 0 Å². The average Bonchev–Trinajstić information content (AvgIpc) is 3.09. The second-order valence-corrected chi connectivity index (χ2v) is 6.79. The first-order chi connectivity index (χ1) is 13.9. The van der Waals surface area contributed by atoms with Gasteiger partial charge in [-0.1, -0.05) is 54.6 Å². The molecule has 0 unspecified atom stereocenters. The maximum Gasteiger partial charge on any atom is 0.287 e. The first-order valence-electron chi connectivity index (χ1n) is 9.15. The lowest BCUT2D eigenvalue weighted by Gasteiger charge is -2.17. The van der Waals surface area contributed by atoms with Gasteiger partial charge in [-0.05, 0) is 18.1 Å². The van der Waals surface area contributed by atoms with E-state index in [4.69, 9.17) is 5.73 Å². The molecule has 3 aromatic rings. The summed E-state index contributed by atoms with van der Waals surface area (Å²) in [5.74, 6) is -2.42. The lowest BCUT2D eigenvalue weighted by Crippen LogP contribution is -2.47. The Labute approximate surface area is 168 Å². The Bertz CT molecular complexity index is 1060. The highest BCUT2D eigenvalue weighted by Crippen LogP contribution is 2.26. The fourth-order valence-electron chi connectivity index (χ4n) is 3.23. The molecule has 2 aromatic carbocycles. The maximum absolute atomic E-state index is 13.0. The van der Waals surface area contributed by atoms with Crippen LogP contribution in [-0.2, 0) is 23.1 Å². The molecule has 29 heavy (non-hydrogen) atoms. The Balaban J connectivity index is 1.92. The van der Waals surface area contributed by atoms with Crippen LogP contribution in [0.1, 0.15) is 21.5 Å². The molecule has 1 atom stereocenters. The highest BCUT2D eigenvalue weighted by atomic mass is 16.2. The molecular weight excluding hydrogens is 368 g/mol. The van der Waals surface area contributed by atoms with Gasteiger partial charge in [0.05, 0.1) is 17.5 Å². The predicted molar refractivity (Wildman–Crippen MR) is 109 cm³/mol. The van der Waals surface area contributed by atoms with Gasteiger partial charge in [0.15, 0.2) is 0 Å². The van der Waals surface area contributed by atoms with E-state index in [1.165, 1.54) is 6.20 Å². The van der Waals surface area contributed by atoms with Crippen molar-refractivity contribution in [3.63, 3.8) is 0 Å². The van der Waals surface area contributed by atoms with Crippen molar-refractivity contribution in [3.8, 4) is 11.3 Å². The second-order valence-electron chi connectivity index (χ2n) is 6.79. The average molecular weight is 390 g/mol. The van der Waals surface area contributed by atoms with E-state index in [9.17, 15) is 14.4 Å². The maximum atomic E-state index is 13.0. The summed E-state index contributed by atoms with van der Waals surface area (Å²) in [5.41, 5.74) is 8.79. The van der Waals surface area contributed by atoms with Gasteiger partial charge >= 0.3 is 0 Å². The molecule has 3 rings (SSSR count). The molecular formula is C22H22N4O3. The molecule has 148 valence electrons. The molecule has 0 saturated carbocycles. The Hall–Kier alpha value is -3.74. The van der Waals surface area contributed by atoms with Gasteiger partial charge in [-0.3, -0.25) is 19.1 Å². The van der Waals surface area contributed by atoms with Crippen molar-refractivity contribution >= 4 is 17.6 Å². The van der Waals surface area contributed by atoms with Crippen molar-refractivity contribution in [2.45, 2.75) is 19.4 Å². The zero-order chi connectivity index (χ0) is 21.0. The molecule has 0 fully saturated rings. The number of aryl methyl sites for hydroxylation is 2. The van der Waals surface area contributed by atoms with Crippen LogP contribution in [-0.4, -0.2) is 33.4 Å². The molecule has 0 saturated heterocycles. The van der Waals surface area contributed by atoms with Crippen molar-refractivity contribution < 1.29 is 14.4 Å². The predicted octanol–water partition coefficient (Wildman–Crippen LogP) is 1.79. The number of carbonyl (C=O) groups is 3. The first-order valence-corrected chi connectivity index (χ1v) is 9.15. The van der Waals surface area contributed by atoms with Crippen LogP contribution in [0.2, 0.25) is 0 Å². The van der Waals surface area contributed by atoms with Crippen molar-refractivity contribution in [3.05, 3.63) is 77.5 Å². The third-order valence-corrected chi connectivity index (χ3v) is 4.73. The van der Waals surface area contributed by atoms with Crippen molar-refractivity contribution in [2.75, 3.05) is 0 Å². The van der Waals surface area contributed by atoms with Crippen LogP contribution in [0.4, 0.5) is 0 Å². The Morgan fingerprint density at radius 2 is 1.72 bits per heavy atom. The van der Waals surface area contributed by atoms with E-state index in [1.54, 1.807) is 11.7 Å². The number of Topliss-reactive ketones (excluding diaryl/α,β-unsaturated/α-hetero) is 1. The number of hydrogen-bond donors (Lipinski definition) is 2. The molecule has 0 bridgehead atoms. The van der Waals surface area contributed by atoms with E-state index >= 15 is 0 Å². The van der Waals surface area contributed by atoms with Gasteiger partial charge in [-0.15, -0.1) is 0 Å². The number of hydrogen-bond acceptors (Lipinski definition) is 4. The number of carbonyl (C=O) groups excluding carboxylic acids is 3. The van der Waals surface area contributed by atoms with Crippen molar-refractivity contribution in [1.29, 1.82) is 0 Å². The molecule has 0 aliphatic heterocycles. The van der Waals surface area contributed by atoms with Crippen LogP contribution in [0.15, 0.2) is 60.8 Å². The van der Waals surface area contributed by atoms with E-state index in [1.807, 2.05) is 61.5 Å². The summed E-state index contributed by atoms with van der Waals surface area (Å²) in [5, 5.41) is 6.87.